The van der Waals surface area contributed by atoms with Gasteiger partial charge in [0.1, 0.15) is 11.5 Å². The van der Waals surface area contributed by atoms with Crippen LogP contribution in [0.25, 0.3) is 0 Å². The van der Waals surface area contributed by atoms with Gasteiger partial charge in [0.25, 0.3) is 0 Å². The van der Waals surface area contributed by atoms with E-state index < -0.39 is 0 Å². The minimum Gasteiger partial charge on any atom is -0.457 e. The van der Waals surface area contributed by atoms with Gasteiger partial charge in [-0.25, -0.2) is 0 Å². The molecule has 2 aromatic rings. The molecule has 16 heavy (non-hydrogen) atoms. The summed E-state index contributed by atoms with van der Waals surface area (Å²) in [6, 6.07) is 12.0. The fraction of sp³-hybridized carbons (Fsp3) is 0.0769. The molecule has 81 valence electrons. The average Bonchev–Trinajstić information content (AvgIpc) is 2.28. The van der Waals surface area contributed by atoms with Crippen LogP contribution in [0.2, 0.25) is 5.02 Å². The third-order valence-electron chi connectivity index (χ3n) is 2.28. The summed E-state index contributed by atoms with van der Waals surface area (Å²) in [4.78, 5) is 0. The molecule has 0 saturated carbocycles. The van der Waals surface area contributed by atoms with Crippen LogP contribution in [0.5, 0.6) is 17.2 Å². The Hall–Kier alpha value is -1.67. The van der Waals surface area contributed by atoms with E-state index in [0.29, 0.717) is 22.1 Å². The Labute approximate surface area is 99.1 Å². The second kappa shape index (κ2) is 4.45. The molecule has 0 heterocycles. The smallest absolute Gasteiger partial charge is 0.185 e. The lowest BCUT2D eigenvalue weighted by Gasteiger charge is -2.08. The molecule has 0 aliphatic heterocycles. The predicted octanol–water partition coefficient (Wildman–Crippen LogP) is 4.58. The van der Waals surface area contributed by atoms with E-state index in [9.17, 15) is 5.11 Å². The molecule has 0 bridgehead atoms. The molecule has 2 nitrogen and oxygen atoms in total. The molecular formula is C13H10ClO2. The first-order chi connectivity index (χ1) is 7.66. The zero-order valence-electron chi connectivity index (χ0n) is 8.74. The second-order valence-corrected chi connectivity index (χ2v) is 3.87. The maximum absolute atomic E-state index is 11.4. The Morgan fingerprint density at radius 2 is 1.75 bits per heavy atom. The SMILES string of the molecule is Cc1c([O])cccc1Oc1ccc(Cl)cc1. The van der Waals surface area contributed by atoms with Crippen LogP contribution in [-0.4, -0.2) is 0 Å². The van der Waals surface area contributed by atoms with Crippen LogP contribution in [0, 0.1) is 6.92 Å². The van der Waals surface area contributed by atoms with Crippen molar-refractivity contribution in [3.63, 3.8) is 0 Å². The molecule has 3 heteroatoms. The van der Waals surface area contributed by atoms with E-state index in [1.807, 2.05) is 0 Å². The molecule has 2 aromatic carbocycles. The van der Waals surface area contributed by atoms with Crippen LogP contribution in [0.15, 0.2) is 42.5 Å². The number of benzene rings is 2. The number of halogens is 1. The molecule has 0 amide bonds. The van der Waals surface area contributed by atoms with Gasteiger partial charge in [-0.2, -0.15) is 0 Å². The Morgan fingerprint density at radius 3 is 2.44 bits per heavy atom. The average molecular weight is 234 g/mol. The van der Waals surface area contributed by atoms with E-state index >= 15 is 0 Å². The van der Waals surface area contributed by atoms with E-state index in [1.165, 1.54) is 6.07 Å². The summed E-state index contributed by atoms with van der Waals surface area (Å²) in [6.07, 6.45) is 0. The molecule has 0 aliphatic carbocycles. The molecule has 0 aromatic heterocycles. The highest BCUT2D eigenvalue weighted by atomic mass is 35.5. The van der Waals surface area contributed by atoms with Crippen LogP contribution in [0.1, 0.15) is 5.56 Å². The van der Waals surface area contributed by atoms with Gasteiger partial charge in [-0.15, -0.1) is 0 Å². The molecule has 0 unspecified atom stereocenters. The molecular weight excluding hydrogens is 224 g/mol. The lowest BCUT2D eigenvalue weighted by atomic mass is 10.2. The van der Waals surface area contributed by atoms with Gasteiger partial charge in [0, 0.05) is 10.6 Å². The van der Waals surface area contributed by atoms with Crippen LogP contribution >= 0.6 is 11.6 Å². The van der Waals surface area contributed by atoms with E-state index in [-0.39, 0.29) is 5.75 Å². The minimum atomic E-state index is -0.0218. The monoisotopic (exact) mass is 233 g/mol. The van der Waals surface area contributed by atoms with Gasteiger partial charge in [-0.05, 0) is 43.3 Å². The number of ether oxygens (including phenoxy) is 1. The van der Waals surface area contributed by atoms with Crippen molar-refractivity contribution in [2.45, 2.75) is 6.92 Å². The quantitative estimate of drug-likeness (QED) is 0.746. The van der Waals surface area contributed by atoms with Crippen LogP contribution in [0.3, 0.4) is 0 Å². The highest BCUT2D eigenvalue weighted by Crippen LogP contribution is 2.30. The van der Waals surface area contributed by atoms with Crippen LogP contribution in [-0.2, 0) is 5.11 Å². The van der Waals surface area contributed by atoms with E-state index in [0.717, 1.165) is 0 Å². The van der Waals surface area contributed by atoms with Gasteiger partial charge in [-0.1, -0.05) is 17.7 Å². The number of rotatable bonds is 2. The van der Waals surface area contributed by atoms with Crippen molar-refractivity contribution < 1.29 is 9.84 Å². The first-order valence-electron chi connectivity index (χ1n) is 4.87. The van der Waals surface area contributed by atoms with Gasteiger partial charge in [0.05, 0.1) is 0 Å². The summed E-state index contributed by atoms with van der Waals surface area (Å²) >= 11 is 5.77. The summed E-state index contributed by atoms with van der Waals surface area (Å²) in [5.74, 6) is 1.22. The van der Waals surface area contributed by atoms with Crippen molar-refractivity contribution in [1.82, 2.24) is 0 Å². The number of hydrogen-bond donors (Lipinski definition) is 0. The van der Waals surface area contributed by atoms with Crippen LogP contribution in [0.4, 0.5) is 0 Å². The summed E-state index contributed by atoms with van der Waals surface area (Å²) in [6.45, 7) is 1.74. The Morgan fingerprint density at radius 1 is 1.06 bits per heavy atom. The normalized spacial score (nSPS) is 10.1. The van der Waals surface area contributed by atoms with E-state index in [1.54, 1.807) is 43.3 Å². The van der Waals surface area contributed by atoms with Gasteiger partial charge in [0.15, 0.2) is 5.75 Å². The van der Waals surface area contributed by atoms with Crippen molar-refractivity contribution in [1.29, 1.82) is 0 Å². The maximum atomic E-state index is 11.4. The maximum Gasteiger partial charge on any atom is 0.185 e. The minimum absolute atomic E-state index is 0.0218. The summed E-state index contributed by atoms with van der Waals surface area (Å²) in [5.41, 5.74) is 0.609. The molecule has 1 radical (unpaired) electrons. The third kappa shape index (κ3) is 2.28. The van der Waals surface area contributed by atoms with Crippen molar-refractivity contribution in [2.24, 2.45) is 0 Å². The van der Waals surface area contributed by atoms with E-state index in [4.69, 9.17) is 16.3 Å². The molecule has 0 aliphatic rings. The predicted molar refractivity (Wildman–Crippen MR) is 62.8 cm³/mol. The Balaban J connectivity index is 2.27. The van der Waals surface area contributed by atoms with Crippen molar-refractivity contribution >= 4 is 11.6 Å². The highest BCUT2D eigenvalue weighted by molar-refractivity contribution is 6.30. The molecule has 0 saturated heterocycles. The highest BCUT2D eigenvalue weighted by Gasteiger charge is 2.06. The Kier molecular flexibility index (Phi) is 3.02. The van der Waals surface area contributed by atoms with E-state index in [2.05, 4.69) is 0 Å². The molecule has 0 atom stereocenters. The first kappa shape index (κ1) is 10.8. The van der Waals surface area contributed by atoms with Gasteiger partial charge in [-0.3, -0.25) is 5.11 Å². The van der Waals surface area contributed by atoms with Gasteiger partial charge < -0.3 is 4.74 Å². The second-order valence-electron chi connectivity index (χ2n) is 3.44. The first-order valence-corrected chi connectivity index (χ1v) is 5.24. The molecule has 0 fully saturated rings. The summed E-state index contributed by atoms with van der Waals surface area (Å²) in [5, 5.41) is 12.0. The molecule has 2 rings (SSSR count). The zero-order chi connectivity index (χ0) is 11.5. The van der Waals surface area contributed by atoms with Crippen molar-refractivity contribution in [3.05, 3.63) is 53.1 Å². The lowest BCUT2D eigenvalue weighted by molar-refractivity contribution is 0.348. The summed E-state index contributed by atoms with van der Waals surface area (Å²) < 4.78 is 5.59. The molecule has 0 spiro atoms. The van der Waals surface area contributed by atoms with Gasteiger partial charge in [0.2, 0.25) is 0 Å². The number of hydrogen-bond acceptors (Lipinski definition) is 1. The molecule has 0 N–H and O–H groups in total. The third-order valence-corrected chi connectivity index (χ3v) is 2.53. The van der Waals surface area contributed by atoms with Crippen LogP contribution < -0.4 is 4.74 Å². The Bertz CT molecular complexity index is 492. The fourth-order valence-electron chi connectivity index (χ4n) is 1.33. The summed E-state index contributed by atoms with van der Waals surface area (Å²) in [7, 11) is 0. The zero-order valence-corrected chi connectivity index (χ0v) is 9.49. The van der Waals surface area contributed by atoms with Crippen molar-refractivity contribution in [2.75, 3.05) is 0 Å². The lowest BCUT2D eigenvalue weighted by Crippen LogP contribution is -1.86. The fourth-order valence-corrected chi connectivity index (χ4v) is 1.46. The van der Waals surface area contributed by atoms with Crippen molar-refractivity contribution in [3.8, 4) is 17.2 Å². The van der Waals surface area contributed by atoms with Gasteiger partial charge >= 0.3 is 0 Å². The standard InChI is InChI=1S/C13H10ClO2/c1-9-12(15)3-2-4-13(9)16-11-7-5-10(14)6-8-11/h2-8H,1H3. The topological polar surface area (TPSA) is 29.1 Å². The largest absolute Gasteiger partial charge is 0.457 e.